The lowest BCUT2D eigenvalue weighted by molar-refractivity contribution is -0.0971. The fourth-order valence-electron chi connectivity index (χ4n) is 3.96. The first-order valence-electron chi connectivity index (χ1n) is 9.38. The van der Waals surface area contributed by atoms with Crippen LogP contribution in [0.4, 0.5) is 9.18 Å². The topological polar surface area (TPSA) is 41.6 Å². The second kappa shape index (κ2) is 6.47. The monoisotopic (exact) mass is 342 g/mol. The smallest absolute Gasteiger partial charge is 0.411 e. The van der Waals surface area contributed by atoms with Crippen LogP contribution >= 0.6 is 0 Å². The molecule has 4 nitrogen and oxygen atoms in total. The molecule has 1 saturated heterocycles. The molecule has 1 saturated carbocycles. The summed E-state index contributed by atoms with van der Waals surface area (Å²) in [7, 11) is 0. The van der Waals surface area contributed by atoms with Gasteiger partial charge in [0.2, 0.25) is 0 Å². The van der Waals surface area contributed by atoms with Gasteiger partial charge in [-0.05, 0) is 67.2 Å². The molecule has 1 amide bonds. The summed E-state index contributed by atoms with van der Waals surface area (Å²) < 4.78 is 21.2. The minimum absolute atomic E-state index is 0.227. The quantitative estimate of drug-likeness (QED) is 0.822. The van der Waals surface area contributed by atoms with E-state index in [0.717, 1.165) is 25.7 Å². The van der Waals surface area contributed by atoms with Gasteiger partial charge in [-0.3, -0.25) is 4.90 Å². The van der Waals surface area contributed by atoms with Crippen molar-refractivity contribution in [1.82, 2.24) is 10.2 Å². The van der Waals surface area contributed by atoms with Gasteiger partial charge >= 0.3 is 6.09 Å². The summed E-state index contributed by atoms with van der Waals surface area (Å²) >= 11 is 0. The first-order chi connectivity index (χ1) is 10.9. The van der Waals surface area contributed by atoms with Crippen LogP contribution in [0.1, 0.15) is 80.6 Å². The third-order valence-electron chi connectivity index (χ3n) is 5.50. The van der Waals surface area contributed by atoms with E-state index in [1.807, 2.05) is 27.7 Å². The number of alkyl halides is 1. The molecule has 5 heteroatoms. The Kier molecular flexibility index (Phi) is 5.25. The van der Waals surface area contributed by atoms with Gasteiger partial charge in [0.05, 0.1) is 6.04 Å². The molecule has 1 heterocycles. The molecule has 0 bridgehead atoms. The Morgan fingerprint density at radius 2 is 1.92 bits per heavy atom. The summed E-state index contributed by atoms with van der Waals surface area (Å²) in [6.45, 7) is 13.2. The highest BCUT2D eigenvalue weighted by Crippen LogP contribution is 2.44. The fraction of sp³-hybridized carbons (Fsp3) is 0.947. The van der Waals surface area contributed by atoms with Crippen molar-refractivity contribution < 1.29 is 13.9 Å². The number of hydrogen-bond acceptors (Lipinski definition) is 3. The van der Waals surface area contributed by atoms with Gasteiger partial charge in [-0.25, -0.2) is 9.18 Å². The number of amides is 1. The predicted octanol–water partition coefficient (Wildman–Crippen LogP) is 4.42. The summed E-state index contributed by atoms with van der Waals surface area (Å²) in [5.74, 6) is 0. The number of carbonyl (C=O) groups excluding carboxylic acids is 1. The molecule has 1 N–H and O–H groups in total. The normalized spacial score (nSPS) is 37.4. The van der Waals surface area contributed by atoms with Gasteiger partial charge in [-0.15, -0.1) is 0 Å². The maximum absolute atomic E-state index is 15.6. The molecule has 4 atom stereocenters. The second-order valence-corrected chi connectivity index (χ2v) is 9.12. The van der Waals surface area contributed by atoms with E-state index < -0.39 is 28.9 Å². The van der Waals surface area contributed by atoms with Crippen LogP contribution in [0.25, 0.3) is 0 Å². The lowest BCUT2D eigenvalue weighted by atomic mass is 9.73. The van der Waals surface area contributed by atoms with E-state index in [9.17, 15) is 4.79 Å². The molecular formula is C19H35FN2O2. The van der Waals surface area contributed by atoms with Gasteiger partial charge < -0.3 is 10.1 Å². The first kappa shape index (κ1) is 19.5. The number of nitrogens with one attached hydrogen (secondary N) is 1. The van der Waals surface area contributed by atoms with Crippen molar-refractivity contribution in [2.45, 2.75) is 116 Å². The summed E-state index contributed by atoms with van der Waals surface area (Å²) in [5, 5.41) is 3.48. The standard InChI is InChI=1S/C19H35FN2O2/c1-8-11-18(6)12-15(21-14-9-10-14)19(7,20)13(2)22(18)16(23)24-17(3,4)5/h13-15,21H,8-12H2,1-7H3/t13-,15-,18-,19-/m0/s1. The van der Waals surface area contributed by atoms with Crippen LogP contribution in [0.5, 0.6) is 0 Å². The van der Waals surface area contributed by atoms with Crippen molar-refractivity contribution in [2.24, 2.45) is 0 Å². The third kappa shape index (κ3) is 4.04. The average molecular weight is 342 g/mol. The highest BCUT2D eigenvalue weighted by atomic mass is 19.1. The van der Waals surface area contributed by atoms with Gasteiger partial charge in [-0.1, -0.05) is 13.3 Å². The Hall–Kier alpha value is -0.840. The van der Waals surface area contributed by atoms with Crippen molar-refractivity contribution in [3.63, 3.8) is 0 Å². The Morgan fingerprint density at radius 1 is 1.33 bits per heavy atom. The van der Waals surface area contributed by atoms with Crippen LogP contribution in [0.3, 0.4) is 0 Å². The van der Waals surface area contributed by atoms with E-state index >= 15 is 4.39 Å². The lowest BCUT2D eigenvalue weighted by Gasteiger charge is -2.56. The number of likely N-dealkylation sites (tertiary alicyclic amines) is 1. The Labute approximate surface area is 146 Å². The number of piperidine rings is 1. The van der Waals surface area contributed by atoms with Crippen LogP contribution in [-0.4, -0.2) is 45.9 Å². The zero-order chi connectivity index (χ0) is 18.3. The zero-order valence-corrected chi connectivity index (χ0v) is 16.4. The summed E-state index contributed by atoms with van der Waals surface area (Å²) in [4.78, 5) is 14.5. The molecule has 0 unspecified atom stereocenters. The highest BCUT2D eigenvalue weighted by molar-refractivity contribution is 5.70. The van der Waals surface area contributed by atoms with E-state index in [1.54, 1.807) is 11.8 Å². The fourth-order valence-corrected chi connectivity index (χ4v) is 3.96. The molecule has 2 rings (SSSR count). The van der Waals surface area contributed by atoms with Crippen LogP contribution in [0, 0.1) is 0 Å². The minimum Gasteiger partial charge on any atom is -0.444 e. The first-order valence-corrected chi connectivity index (χ1v) is 9.38. The van der Waals surface area contributed by atoms with Crippen LogP contribution in [-0.2, 0) is 4.74 Å². The predicted molar refractivity (Wildman–Crippen MR) is 94.9 cm³/mol. The third-order valence-corrected chi connectivity index (χ3v) is 5.50. The van der Waals surface area contributed by atoms with Crippen molar-refractivity contribution >= 4 is 6.09 Å². The van der Waals surface area contributed by atoms with E-state index in [1.165, 1.54) is 0 Å². The number of nitrogens with zero attached hydrogens (tertiary/aromatic N) is 1. The van der Waals surface area contributed by atoms with Crippen LogP contribution in [0.2, 0.25) is 0 Å². The molecule has 24 heavy (non-hydrogen) atoms. The molecule has 0 aromatic carbocycles. The maximum Gasteiger partial charge on any atom is 0.411 e. The molecule has 0 spiro atoms. The van der Waals surface area contributed by atoms with E-state index in [2.05, 4.69) is 19.2 Å². The number of halogens is 1. The van der Waals surface area contributed by atoms with Crippen molar-refractivity contribution in [2.75, 3.05) is 0 Å². The Morgan fingerprint density at radius 3 is 2.38 bits per heavy atom. The molecular weight excluding hydrogens is 307 g/mol. The van der Waals surface area contributed by atoms with Gasteiger partial charge in [0.25, 0.3) is 0 Å². The van der Waals surface area contributed by atoms with Gasteiger partial charge in [0, 0.05) is 17.6 Å². The van der Waals surface area contributed by atoms with Crippen LogP contribution in [0.15, 0.2) is 0 Å². The molecule has 140 valence electrons. The van der Waals surface area contributed by atoms with Crippen molar-refractivity contribution in [1.29, 1.82) is 0 Å². The summed E-state index contributed by atoms with van der Waals surface area (Å²) in [6, 6.07) is -0.319. The average Bonchev–Trinajstić information content (AvgIpc) is 3.18. The Balaban J connectivity index is 2.30. The molecule has 1 aliphatic heterocycles. The SMILES string of the molecule is CCC[C@@]1(C)C[C@H](NC2CC2)[C@@](C)(F)[C@H](C)N1C(=O)OC(C)(C)C. The molecule has 0 aromatic rings. The largest absolute Gasteiger partial charge is 0.444 e. The number of ether oxygens (including phenoxy) is 1. The van der Waals surface area contributed by atoms with E-state index in [4.69, 9.17) is 4.74 Å². The maximum atomic E-state index is 15.6. The molecule has 0 aromatic heterocycles. The summed E-state index contributed by atoms with van der Waals surface area (Å²) in [5.41, 5.74) is -2.46. The van der Waals surface area contributed by atoms with Crippen LogP contribution < -0.4 is 5.32 Å². The summed E-state index contributed by atoms with van der Waals surface area (Å²) in [6.07, 6.45) is 4.26. The number of rotatable bonds is 4. The number of hydrogen-bond donors (Lipinski definition) is 1. The molecule has 0 radical (unpaired) electrons. The van der Waals surface area contributed by atoms with Crippen molar-refractivity contribution in [3.8, 4) is 0 Å². The van der Waals surface area contributed by atoms with E-state index in [0.29, 0.717) is 12.5 Å². The number of carbonyl (C=O) groups is 1. The zero-order valence-electron chi connectivity index (χ0n) is 16.4. The van der Waals surface area contributed by atoms with Gasteiger partial charge in [0.15, 0.2) is 0 Å². The molecule has 1 aliphatic carbocycles. The lowest BCUT2D eigenvalue weighted by Crippen LogP contribution is -2.71. The minimum atomic E-state index is -1.48. The molecule has 2 fully saturated rings. The van der Waals surface area contributed by atoms with Gasteiger partial charge in [-0.2, -0.15) is 0 Å². The van der Waals surface area contributed by atoms with Gasteiger partial charge in [0.1, 0.15) is 11.3 Å². The van der Waals surface area contributed by atoms with E-state index in [-0.39, 0.29) is 6.04 Å². The Bertz CT molecular complexity index is 470. The second-order valence-electron chi connectivity index (χ2n) is 9.12. The molecule has 2 aliphatic rings. The highest BCUT2D eigenvalue weighted by Gasteiger charge is 2.57. The van der Waals surface area contributed by atoms with Crippen molar-refractivity contribution in [3.05, 3.63) is 0 Å².